The summed E-state index contributed by atoms with van der Waals surface area (Å²) in [7, 11) is 0. The SMILES string of the molecule is CC(=O)c1ccc(NC(=O)[C@@H](Cl)c2ccccc2)cc1. The highest BCUT2D eigenvalue weighted by molar-refractivity contribution is 6.32. The topological polar surface area (TPSA) is 46.2 Å². The highest BCUT2D eigenvalue weighted by atomic mass is 35.5. The molecule has 0 aliphatic rings. The number of ketones is 1. The normalized spacial score (nSPS) is 11.7. The first kappa shape index (κ1) is 14.3. The zero-order chi connectivity index (χ0) is 14.5. The summed E-state index contributed by atoms with van der Waals surface area (Å²) in [4.78, 5) is 23.2. The molecule has 1 atom stereocenters. The van der Waals surface area contributed by atoms with Crippen LogP contribution in [0.3, 0.4) is 0 Å². The summed E-state index contributed by atoms with van der Waals surface area (Å²) in [6.45, 7) is 1.50. The summed E-state index contributed by atoms with van der Waals surface area (Å²) < 4.78 is 0. The molecule has 3 nitrogen and oxygen atoms in total. The molecular weight excluding hydrogens is 274 g/mol. The van der Waals surface area contributed by atoms with Crippen molar-refractivity contribution < 1.29 is 9.59 Å². The molecule has 0 unspecified atom stereocenters. The molecule has 0 spiro atoms. The first-order valence-electron chi connectivity index (χ1n) is 6.19. The van der Waals surface area contributed by atoms with Crippen molar-refractivity contribution in [2.45, 2.75) is 12.3 Å². The van der Waals surface area contributed by atoms with Gasteiger partial charge in [0.2, 0.25) is 5.91 Å². The lowest BCUT2D eigenvalue weighted by molar-refractivity contribution is -0.116. The number of rotatable bonds is 4. The van der Waals surface area contributed by atoms with E-state index in [4.69, 9.17) is 11.6 Å². The Morgan fingerprint density at radius 1 is 1.00 bits per heavy atom. The van der Waals surface area contributed by atoms with E-state index >= 15 is 0 Å². The number of benzene rings is 2. The second kappa shape index (κ2) is 6.35. The minimum absolute atomic E-state index is 0.0117. The van der Waals surface area contributed by atoms with Crippen molar-refractivity contribution in [1.82, 2.24) is 0 Å². The highest BCUT2D eigenvalue weighted by Gasteiger charge is 2.17. The molecular formula is C16H14ClNO2. The summed E-state index contributed by atoms with van der Waals surface area (Å²) >= 11 is 6.12. The maximum Gasteiger partial charge on any atom is 0.246 e. The van der Waals surface area contributed by atoms with Crippen molar-refractivity contribution in [2.75, 3.05) is 5.32 Å². The fourth-order valence-electron chi connectivity index (χ4n) is 1.77. The third-order valence-electron chi connectivity index (χ3n) is 2.88. The summed E-state index contributed by atoms with van der Waals surface area (Å²) in [6, 6.07) is 15.8. The molecule has 0 aliphatic carbocycles. The van der Waals surface area contributed by atoms with Crippen LogP contribution >= 0.6 is 11.6 Å². The minimum atomic E-state index is -0.747. The second-order valence-corrected chi connectivity index (χ2v) is 4.83. The summed E-state index contributed by atoms with van der Waals surface area (Å²) in [5, 5.41) is 1.98. The van der Waals surface area contributed by atoms with E-state index in [0.29, 0.717) is 11.3 Å². The first-order valence-corrected chi connectivity index (χ1v) is 6.62. The zero-order valence-electron chi connectivity index (χ0n) is 11.0. The molecule has 0 heterocycles. The minimum Gasteiger partial charge on any atom is -0.325 e. The number of carbonyl (C=O) groups excluding carboxylic acids is 2. The lowest BCUT2D eigenvalue weighted by atomic mass is 10.1. The van der Waals surface area contributed by atoms with Crippen LogP contribution in [0.15, 0.2) is 54.6 Å². The van der Waals surface area contributed by atoms with Gasteiger partial charge in [-0.3, -0.25) is 9.59 Å². The molecule has 1 amide bonds. The van der Waals surface area contributed by atoms with Crippen LogP contribution in [0.1, 0.15) is 28.2 Å². The van der Waals surface area contributed by atoms with Crippen LogP contribution < -0.4 is 5.32 Å². The molecule has 0 saturated heterocycles. The third-order valence-corrected chi connectivity index (χ3v) is 3.33. The van der Waals surface area contributed by atoms with Gasteiger partial charge >= 0.3 is 0 Å². The number of carbonyl (C=O) groups is 2. The van der Waals surface area contributed by atoms with E-state index in [1.165, 1.54) is 6.92 Å². The molecule has 0 bridgehead atoms. The number of hydrogen-bond acceptors (Lipinski definition) is 2. The molecule has 2 rings (SSSR count). The van der Waals surface area contributed by atoms with Crippen LogP contribution in [0.5, 0.6) is 0 Å². The largest absolute Gasteiger partial charge is 0.325 e. The van der Waals surface area contributed by atoms with Gasteiger partial charge in [0.25, 0.3) is 0 Å². The van der Waals surface area contributed by atoms with E-state index in [0.717, 1.165) is 5.56 Å². The molecule has 0 saturated carbocycles. The number of anilines is 1. The van der Waals surface area contributed by atoms with Crippen LogP contribution in [0.2, 0.25) is 0 Å². The Balaban J connectivity index is 2.06. The smallest absolute Gasteiger partial charge is 0.246 e. The number of halogens is 1. The Hall–Kier alpha value is -2.13. The van der Waals surface area contributed by atoms with Gasteiger partial charge in [0.1, 0.15) is 5.38 Å². The lowest BCUT2D eigenvalue weighted by Crippen LogP contribution is -2.17. The van der Waals surface area contributed by atoms with E-state index in [1.807, 2.05) is 18.2 Å². The maximum atomic E-state index is 12.0. The van der Waals surface area contributed by atoms with E-state index in [-0.39, 0.29) is 11.7 Å². The van der Waals surface area contributed by atoms with Crippen LogP contribution in [0.25, 0.3) is 0 Å². The quantitative estimate of drug-likeness (QED) is 0.686. The monoisotopic (exact) mass is 287 g/mol. The van der Waals surface area contributed by atoms with Crippen molar-refractivity contribution in [2.24, 2.45) is 0 Å². The molecule has 1 N–H and O–H groups in total. The van der Waals surface area contributed by atoms with Crippen molar-refractivity contribution in [3.05, 3.63) is 65.7 Å². The highest BCUT2D eigenvalue weighted by Crippen LogP contribution is 2.22. The van der Waals surface area contributed by atoms with Gasteiger partial charge in [-0.25, -0.2) is 0 Å². The van der Waals surface area contributed by atoms with E-state index in [1.54, 1.807) is 36.4 Å². The van der Waals surface area contributed by atoms with Gasteiger partial charge in [-0.2, -0.15) is 0 Å². The molecule has 0 aliphatic heterocycles. The summed E-state index contributed by atoms with van der Waals surface area (Å²) in [5.74, 6) is -0.309. The summed E-state index contributed by atoms with van der Waals surface area (Å²) in [5.41, 5.74) is 1.96. The predicted molar refractivity (Wildman–Crippen MR) is 80.1 cm³/mol. The van der Waals surface area contributed by atoms with E-state index in [9.17, 15) is 9.59 Å². The van der Waals surface area contributed by atoms with Gasteiger partial charge in [0.05, 0.1) is 0 Å². The summed E-state index contributed by atoms with van der Waals surface area (Å²) in [6.07, 6.45) is 0. The molecule has 102 valence electrons. The average molecular weight is 288 g/mol. The van der Waals surface area contributed by atoms with Gasteiger partial charge in [0.15, 0.2) is 5.78 Å². The Bertz CT molecular complexity index is 608. The standard InChI is InChI=1S/C16H14ClNO2/c1-11(19)12-7-9-14(10-8-12)18-16(20)15(17)13-5-3-2-4-6-13/h2-10,15H,1H3,(H,18,20)/t15-/m0/s1. The predicted octanol–water partition coefficient (Wildman–Crippen LogP) is 3.81. The van der Waals surface area contributed by atoms with Crippen molar-refractivity contribution in [3.63, 3.8) is 0 Å². The Labute approximate surface area is 122 Å². The molecule has 0 radical (unpaired) electrons. The first-order chi connectivity index (χ1) is 9.58. The molecule has 4 heteroatoms. The maximum absolute atomic E-state index is 12.0. The lowest BCUT2D eigenvalue weighted by Gasteiger charge is -2.11. The Kier molecular flexibility index (Phi) is 4.53. The van der Waals surface area contributed by atoms with E-state index < -0.39 is 5.38 Å². The van der Waals surface area contributed by atoms with Crippen molar-refractivity contribution in [1.29, 1.82) is 0 Å². The van der Waals surface area contributed by atoms with Crippen LogP contribution in [0.4, 0.5) is 5.69 Å². The van der Waals surface area contributed by atoms with Crippen molar-refractivity contribution in [3.8, 4) is 0 Å². The van der Waals surface area contributed by atoms with Crippen LogP contribution in [-0.4, -0.2) is 11.7 Å². The van der Waals surface area contributed by atoms with E-state index in [2.05, 4.69) is 5.32 Å². The molecule has 0 fully saturated rings. The van der Waals surface area contributed by atoms with Gasteiger partial charge in [0, 0.05) is 11.3 Å². The molecule has 2 aromatic carbocycles. The Morgan fingerprint density at radius 3 is 2.15 bits per heavy atom. The zero-order valence-corrected chi connectivity index (χ0v) is 11.7. The van der Waals surface area contributed by atoms with Crippen molar-refractivity contribution >= 4 is 29.0 Å². The van der Waals surface area contributed by atoms with Gasteiger partial charge in [-0.05, 0) is 36.8 Å². The average Bonchev–Trinajstić information content (AvgIpc) is 2.48. The fraction of sp³-hybridized carbons (Fsp3) is 0.125. The molecule has 2 aromatic rings. The van der Waals surface area contributed by atoms with Gasteiger partial charge in [-0.1, -0.05) is 30.3 Å². The number of nitrogens with one attached hydrogen (secondary N) is 1. The Morgan fingerprint density at radius 2 is 1.60 bits per heavy atom. The van der Waals surface area contributed by atoms with Gasteiger partial charge < -0.3 is 5.32 Å². The van der Waals surface area contributed by atoms with Crippen LogP contribution in [-0.2, 0) is 4.79 Å². The van der Waals surface area contributed by atoms with Gasteiger partial charge in [-0.15, -0.1) is 11.6 Å². The third kappa shape index (κ3) is 3.45. The number of alkyl halides is 1. The van der Waals surface area contributed by atoms with Crippen LogP contribution in [0, 0.1) is 0 Å². The molecule has 20 heavy (non-hydrogen) atoms. The second-order valence-electron chi connectivity index (χ2n) is 4.40. The molecule has 0 aromatic heterocycles. The fourth-order valence-corrected chi connectivity index (χ4v) is 1.97. The number of Topliss-reactive ketones (excluding diaryl/α,β-unsaturated/α-hetero) is 1. The number of amides is 1. The number of hydrogen-bond donors (Lipinski definition) is 1.